The van der Waals surface area contributed by atoms with Gasteiger partial charge in [-0.15, -0.1) is 0 Å². The van der Waals surface area contributed by atoms with Crippen molar-refractivity contribution in [1.82, 2.24) is 10.2 Å². The quantitative estimate of drug-likeness (QED) is 0.501. The summed E-state index contributed by atoms with van der Waals surface area (Å²) in [6.45, 7) is 14.3. The lowest BCUT2D eigenvalue weighted by molar-refractivity contribution is 0.269. The average molecular weight is 405 g/mol. The Balaban J connectivity index is 2.01. The van der Waals surface area contributed by atoms with Crippen LogP contribution in [-0.2, 0) is 13.2 Å². The minimum Gasteiger partial charge on any atom is -0.490 e. The Hall–Kier alpha value is -1.75. The number of ether oxygens (including phenoxy) is 2. The number of rotatable bonds is 12. The van der Waals surface area contributed by atoms with Crippen molar-refractivity contribution in [2.75, 3.05) is 32.8 Å². The largest absolute Gasteiger partial charge is 0.490 e. The van der Waals surface area contributed by atoms with E-state index in [1.807, 2.05) is 25.1 Å². The predicted octanol–water partition coefficient (Wildman–Crippen LogP) is 5.06. The highest BCUT2D eigenvalue weighted by Crippen LogP contribution is 2.34. The van der Waals surface area contributed by atoms with Crippen molar-refractivity contribution in [2.45, 2.75) is 40.8 Å². The second-order valence-electron chi connectivity index (χ2n) is 6.80. The van der Waals surface area contributed by atoms with Gasteiger partial charge in [0.2, 0.25) is 0 Å². The van der Waals surface area contributed by atoms with Crippen molar-refractivity contribution in [2.24, 2.45) is 0 Å². The molecule has 0 spiro atoms. The number of likely N-dealkylation sites (N-methyl/N-ethyl adjacent to an activating group) is 1. The molecule has 0 saturated heterocycles. The van der Waals surface area contributed by atoms with E-state index in [2.05, 4.69) is 49.2 Å². The lowest BCUT2D eigenvalue weighted by Gasteiger charge is -2.19. The molecule has 0 amide bonds. The highest BCUT2D eigenvalue weighted by molar-refractivity contribution is 6.31. The molecule has 5 heteroatoms. The molecule has 0 saturated carbocycles. The SMILES string of the molecule is CCOc1cc(CNCCN(CC)CC)c(Cl)cc1OCc1cccc(C)c1. The van der Waals surface area contributed by atoms with Gasteiger partial charge < -0.3 is 19.7 Å². The van der Waals surface area contributed by atoms with Gasteiger partial charge in [-0.05, 0) is 44.1 Å². The maximum Gasteiger partial charge on any atom is 0.163 e. The van der Waals surface area contributed by atoms with Gasteiger partial charge in [-0.25, -0.2) is 0 Å². The molecule has 1 N–H and O–H groups in total. The third-order valence-corrected chi connectivity index (χ3v) is 5.06. The van der Waals surface area contributed by atoms with Crippen LogP contribution >= 0.6 is 11.6 Å². The highest BCUT2D eigenvalue weighted by Gasteiger charge is 2.12. The van der Waals surface area contributed by atoms with E-state index in [0.717, 1.165) is 43.1 Å². The van der Waals surface area contributed by atoms with Crippen molar-refractivity contribution in [3.63, 3.8) is 0 Å². The normalized spacial score (nSPS) is 11.1. The summed E-state index contributed by atoms with van der Waals surface area (Å²) in [7, 11) is 0. The second kappa shape index (κ2) is 11.9. The van der Waals surface area contributed by atoms with E-state index in [4.69, 9.17) is 21.1 Å². The molecule has 4 nitrogen and oxygen atoms in total. The minimum atomic E-state index is 0.486. The van der Waals surface area contributed by atoms with E-state index in [0.29, 0.717) is 30.5 Å². The van der Waals surface area contributed by atoms with E-state index >= 15 is 0 Å². The van der Waals surface area contributed by atoms with Gasteiger partial charge in [0.1, 0.15) is 6.61 Å². The van der Waals surface area contributed by atoms with Gasteiger partial charge in [-0.2, -0.15) is 0 Å². The fraction of sp³-hybridized carbons (Fsp3) is 0.478. The van der Waals surface area contributed by atoms with Gasteiger partial charge >= 0.3 is 0 Å². The van der Waals surface area contributed by atoms with E-state index < -0.39 is 0 Å². The molecule has 0 atom stereocenters. The van der Waals surface area contributed by atoms with Crippen molar-refractivity contribution in [1.29, 1.82) is 0 Å². The van der Waals surface area contributed by atoms with Gasteiger partial charge in [0.25, 0.3) is 0 Å². The Labute approximate surface area is 174 Å². The Morgan fingerprint density at radius 3 is 2.43 bits per heavy atom. The first-order valence-electron chi connectivity index (χ1n) is 10.1. The van der Waals surface area contributed by atoms with Crippen LogP contribution in [0.1, 0.15) is 37.5 Å². The van der Waals surface area contributed by atoms with Gasteiger partial charge in [0, 0.05) is 30.7 Å². The maximum absolute atomic E-state index is 6.52. The Morgan fingerprint density at radius 1 is 1.00 bits per heavy atom. The van der Waals surface area contributed by atoms with Crippen LogP contribution in [-0.4, -0.2) is 37.7 Å². The lowest BCUT2D eigenvalue weighted by atomic mass is 10.1. The summed E-state index contributed by atoms with van der Waals surface area (Å²) in [5.74, 6) is 1.42. The molecule has 0 aliphatic carbocycles. The number of benzene rings is 2. The van der Waals surface area contributed by atoms with E-state index in [-0.39, 0.29) is 0 Å². The number of nitrogens with zero attached hydrogens (tertiary/aromatic N) is 1. The summed E-state index contributed by atoms with van der Waals surface area (Å²) >= 11 is 6.52. The standard InChI is InChI=1S/C23H33ClN2O2/c1-5-26(6-2)12-11-25-16-20-14-22(27-7-3)23(15-21(20)24)28-17-19-10-8-9-18(4)13-19/h8-10,13-15,25H,5-7,11-12,16-17H2,1-4H3. The van der Waals surface area contributed by atoms with Crippen molar-refractivity contribution in [3.05, 3.63) is 58.1 Å². The lowest BCUT2D eigenvalue weighted by Crippen LogP contribution is -2.31. The fourth-order valence-corrected chi connectivity index (χ4v) is 3.28. The molecule has 0 aromatic heterocycles. The van der Waals surface area contributed by atoms with Crippen molar-refractivity contribution in [3.8, 4) is 11.5 Å². The molecule has 0 radical (unpaired) electrons. The van der Waals surface area contributed by atoms with Crippen molar-refractivity contribution >= 4 is 11.6 Å². The molecule has 154 valence electrons. The first-order valence-corrected chi connectivity index (χ1v) is 10.5. The van der Waals surface area contributed by atoms with Crippen LogP contribution < -0.4 is 14.8 Å². The van der Waals surface area contributed by atoms with Gasteiger partial charge in [-0.1, -0.05) is 55.3 Å². The van der Waals surface area contributed by atoms with Crippen LogP contribution in [0.15, 0.2) is 36.4 Å². The van der Waals surface area contributed by atoms with E-state index in [1.54, 1.807) is 0 Å². The Bertz CT molecular complexity index is 733. The van der Waals surface area contributed by atoms with Crippen molar-refractivity contribution < 1.29 is 9.47 Å². The summed E-state index contributed by atoms with van der Waals surface area (Å²) in [5, 5.41) is 4.16. The monoisotopic (exact) mass is 404 g/mol. The number of hydrogen-bond acceptors (Lipinski definition) is 4. The fourth-order valence-electron chi connectivity index (χ4n) is 3.06. The minimum absolute atomic E-state index is 0.486. The van der Waals surface area contributed by atoms with Crippen LogP contribution in [0, 0.1) is 6.92 Å². The molecule has 2 aromatic rings. The predicted molar refractivity (Wildman–Crippen MR) is 118 cm³/mol. The van der Waals surface area contributed by atoms with Crippen LogP contribution in [0.2, 0.25) is 5.02 Å². The third kappa shape index (κ3) is 7.01. The third-order valence-electron chi connectivity index (χ3n) is 4.70. The molecular formula is C23H33ClN2O2. The van der Waals surface area contributed by atoms with Crippen LogP contribution in [0.25, 0.3) is 0 Å². The van der Waals surface area contributed by atoms with Crippen LogP contribution in [0.5, 0.6) is 11.5 Å². The summed E-state index contributed by atoms with van der Waals surface area (Å²) in [4.78, 5) is 2.39. The molecule has 0 aliphatic rings. The molecule has 0 heterocycles. The zero-order valence-electron chi connectivity index (χ0n) is 17.6. The van der Waals surface area contributed by atoms with E-state index in [1.165, 1.54) is 5.56 Å². The summed E-state index contributed by atoms with van der Waals surface area (Å²) < 4.78 is 11.8. The first-order chi connectivity index (χ1) is 13.6. The maximum atomic E-state index is 6.52. The van der Waals surface area contributed by atoms with Crippen LogP contribution in [0.4, 0.5) is 0 Å². The molecule has 2 rings (SSSR count). The molecule has 0 fully saturated rings. The number of nitrogens with one attached hydrogen (secondary N) is 1. The number of hydrogen-bond donors (Lipinski definition) is 1. The Morgan fingerprint density at radius 2 is 1.75 bits per heavy atom. The van der Waals surface area contributed by atoms with Gasteiger partial charge in [0.05, 0.1) is 6.61 Å². The van der Waals surface area contributed by atoms with Crippen LogP contribution in [0.3, 0.4) is 0 Å². The summed E-state index contributed by atoms with van der Waals surface area (Å²) in [6, 6.07) is 12.1. The smallest absolute Gasteiger partial charge is 0.163 e. The molecule has 0 aliphatic heterocycles. The average Bonchev–Trinajstić information content (AvgIpc) is 2.69. The summed E-state index contributed by atoms with van der Waals surface area (Å²) in [6.07, 6.45) is 0. The zero-order valence-corrected chi connectivity index (χ0v) is 18.3. The van der Waals surface area contributed by atoms with Gasteiger partial charge in [0.15, 0.2) is 11.5 Å². The molecule has 28 heavy (non-hydrogen) atoms. The van der Waals surface area contributed by atoms with E-state index in [9.17, 15) is 0 Å². The highest BCUT2D eigenvalue weighted by atomic mass is 35.5. The number of halogens is 1. The van der Waals surface area contributed by atoms with Gasteiger partial charge in [-0.3, -0.25) is 0 Å². The topological polar surface area (TPSA) is 33.7 Å². The zero-order chi connectivity index (χ0) is 20.4. The molecule has 0 unspecified atom stereocenters. The molecule has 0 bridgehead atoms. The molecule has 2 aromatic carbocycles. The summed E-state index contributed by atoms with van der Waals surface area (Å²) in [5.41, 5.74) is 3.36. The molecular weight excluding hydrogens is 372 g/mol. The second-order valence-corrected chi connectivity index (χ2v) is 7.21. The first kappa shape index (κ1) is 22.5. The number of aryl methyl sites for hydroxylation is 1. The Kier molecular flexibility index (Phi) is 9.62.